The second-order valence-electron chi connectivity index (χ2n) is 2.94. The van der Waals surface area contributed by atoms with Crippen LogP contribution in [0.3, 0.4) is 0 Å². The quantitative estimate of drug-likeness (QED) is 0.481. The van der Waals surface area contributed by atoms with Gasteiger partial charge in [-0.1, -0.05) is 0 Å². The molecule has 19 heavy (non-hydrogen) atoms. The molecule has 0 unspecified atom stereocenters. The molecule has 1 rings (SSSR count). The van der Waals surface area contributed by atoms with Crippen molar-refractivity contribution < 1.29 is 32.4 Å². The number of carbonyl (C=O) groups is 1. The molecule has 0 aliphatic carbocycles. The summed E-state index contributed by atoms with van der Waals surface area (Å²) in [5.74, 6) is -2.89. The van der Waals surface area contributed by atoms with Gasteiger partial charge in [-0.25, -0.2) is 0 Å². The van der Waals surface area contributed by atoms with Gasteiger partial charge in [0.25, 0.3) is 5.24 Å². The molecule has 104 valence electrons. The predicted octanol–water partition coefficient (Wildman–Crippen LogP) is 2.28. The Kier molecular flexibility index (Phi) is 4.14. The van der Waals surface area contributed by atoms with Gasteiger partial charge in [-0.05, 0) is 16.5 Å². The Balaban J connectivity index is 3.50. The smallest absolute Gasteiger partial charge is 0.462 e. The Labute approximate surface area is 108 Å². The zero-order valence-corrected chi connectivity index (χ0v) is 9.78. The first-order valence-electron chi connectivity index (χ1n) is 4.34. The molecule has 0 fully saturated rings. The van der Waals surface area contributed by atoms with Crippen molar-refractivity contribution in [1.82, 2.24) is 4.98 Å². The van der Waals surface area contributed by atoms with E-state index in [1.807, 2.05) is 0 Å². The normalized spacial score (nSPS) is 11.0. The van der Waals surface area contributed by atoms with Gasteiger partial charge in [0.15, 0.2) is 11.3 Å². The van der Waals surface area contributed by atoms with Crippen LogP contribution >= 0.6 is 11.6 Å². The van der Waals surface area contributed by atoms with Crippen molar-refractivity contribution in [1.29, 1.82) is 0 Å². The molecule has 0 amide bonds. The zero-order valence-electron chi connectivity index (χ0n) is 9.02. The van der Waals surface area contributed by atoms with E-state index in [1.165, 1.54) is 0 Å². The second-order valence-corrected chi connectivity index (χ2v) is 3.28. The second kappa shape index (κ2) is 5.26. The first-order chi connectivity index (χ1) is 8.65. The molecule has 7 nitrogen and oxygen atoms in total. The van der Waals surface area contributed by atoms with Crippen molar-refractivity contribution >= 4 is 22.7 Å². The van der Waals surface area contributed by atoms with E-state index in [0.29, 0.717) is 6.07 Å². The van der Waals surface area contributed by atoms with Crippen molar-refractivity contribution in [3.8, 4) is 11.6 Å². The van der Waals surface area contributed by atoms with E-state index in [1.54, 1.807) is 0 Å². The van der Waals surface area contributed by atoms with E-state index in [-0.39, 0.29) is 0 Å². The number of methoxy groups -OCH3 is 1. The topological polar surface area (TPSA) is 91.6 Å². The maximum absolute atomic E-state index is 12.1. The molecular weight excluding hydrogens is 297 g/mol. The molecule has 0 atom stereocenters. The number of carbonyl (C=O) groups excluding carboxylic acids is 1. The number of halogens is 4. The number of aromatic nitrogens is 1. The van der Waals surface area contributed by atoms with Crippen LogP contribution in [0.5, 0.6) is 11.6 Å². The van der Waals surface area contributed by atoms with Gasteiger partial charge in [-0.3, -0.25) is 4.79 Å². The minimum atomic E-state index is -5.17. The van der Waals surface area contributed by atoms with E-state index in [9.17, 15) is 28.1 Å². The molecule has 0 spiro atoms. The third-order valence-electron chi connectivity index (χ3n) is 1.74. The molecule has 0 N–H and O–H groups in total. The van der Waals surface area contributed by atoms with E-state index in [0.717, 1.165) is 7.11 Å². The first kappa shape index (κ1) is 15.0. The predicted molar refractivity (Wildman–Crippen MR) is 54.3 cm³/mol. The summed E-state index contributed by atoms with van der Waals surface area (Å²) in [6.07, 6.45) is -5.17. The fraction of sp³-hybridized carbons (Fsp3) is 0.250. The van der Waals surface area contributed by atoms with Gasteiger partial charge in [-0.2, -0.15) is 0 Å². The average molecular weight is 301 g/mol. The van der Waals surface area contributed by atoms with Crippen LogP contribution in [0, 0.1) is 10.1 Å². The highest BCUT2D eigenvalue weighted by Gasteiger charge is 2.36. The molecule has 1 heterocycles. The van der Waals surface area contributed by atoms with Gasteiger partial charge in [0.05, 0.1) is 13.2 Å². The summed E-state index contributed by atoms with van der Waals surface area (Å²) < 4.78 is 44.4. The number of ether oxygens (including phenoxy) is 2. The molecule has 11 heteroatoms. The lowest BCUT2D eigenvalue weighted by atomic mass is 10.2. The summed E-state index contributed by atoms with van der Waals surface area (Å²) in [5.41, 5.74) is -0.855. The summed E-state index contributed by atoms with van der Waals surface area (Å²) in [7, 11) is 0.951. The van der Waals surface area contributed by atoms with Crippen LogP contribution in [-0.2, 0) is 0 Å². The summed E-state index contributed by atoms with van der Waals surface area (Å²) in [6.45, 7) is 0. The van der Waals surface area contributed by atoms with Crippen LogP contribution in [0.15, 0.2) is 6.07 Å². The summed E-state index contributed by atoms with van der Waals surface area (Å²) in [5, 5.41) is 9.14. The van der Waals surface area contributed by atoms with Gasteiger partial charge in [-0.15, -0.1) is 13.2 Å². The maximum Gasteiger partial charge on any atom is 0.573 e. The monoisotopic (exact) mass is 300 g/mol. The Morgan fingerprint density at radius 3 is 2.47 bits per heavy atom. The summed E-state index contributed by atoms with van der Waals surface area (Å²) >= 11 is 5.08. The standard InChI is InChI=1S/C8H4ClF3N2O5/c1-18-7-5(6(9)15)3(19-8(10,11)12)2-4(13-7)14(16)17/h2H,1H3. The first-order valence-corrected chi connectivity index (χ1v) is 4.72. The Hall–Kier alpha value is -2.10. The van der Waals surface area contributed by atoms with E-state index in [4.69, 9.17) is 11.6 Å². The third kappa shape index (κ3) is 3.68. The van der Waals surface area contributed by atoms with Gasteiger partial charge < -0.3 is 19.6 Å². The molecule has 0 aromatic carbocycles. The van der Waals surface area contributed by atoms with Crippen molar-refractivity contribution in [3.05, 3.63) is 21.7 Å². The maximum atomic E-state index is 12.1. The fourth-order valence-electron chi connectivity index (χ4n) is 1.11. The number of hydrogen-bond acceptors (Lipinski definition) is 6. The van der Waals surface area contributed by atoms with E-state index in [2.05, 4.69) is 14.5 Å². The number of alkyl halides is 3. The van der Waals surface area contributed by atoms with Gasteiger partial charge >= 0.3 is 18.1 Å². The number of rotatable bonds is 4. The van der Waals surface area contributed by atoms with Crippen LogP contribution in [0.4, 0.5) is 19.0 Å². The number of nitrogens with zero attached hydrogens (tertiary/aromatic N) is 2. The van der Waals surface area contributed by atoms with Gasteiger partial charge in [0.2, 0.25) is 0 Å². The fourth-order valence-corrected chi connectivity index (χ4v) is 1.29. The minimum Gasteiger partial charge on any atom is -0.462 e. The molecule has 0 aliphatic rings. The van der Waals surface area contributed by atoms with Crippen LogP contribution in [0.1, 0.15) is 10.4 Å². The Morgan fingerprint density at radius 2 is 2.11 bits per heavy atom. The van der Waals surface area contributed by atoms with E-state index >= 15 is 0 Å². The molecule has 0 radical (unpaired) electrons. The van der Waals surface area contributed by atoms with E-state index < -0.39 is 39.5 Å². The van der Waals surface area contributed by atoms with Crippen molar-refractivity contribution in [3.63, 3.8) is 0 Å². The largest absolute Gasteiger partial charge is 0.573 e. The van der Waals surface area contributed by atoms with Gasteiger partial charge in [0.1, 0.15) is 0 Å². The Morgan fingerprint density at radius 1 is 1.53 bits per heavy atom. The molecule has 1 aromatic heterocycles. The highest BCUT2D eigenvalue weighted by molar-refractivity contribution is 6.68. The Bertz CT molecular complexity index is 534. The zero-order chi connectivity index (χ0) is 14.8. The van der Waals surface area contributed by atoms with Crippen molar-refractivity contribution in [2.75, 3.05) is 7.11 Å². The van der Waals surface area contributed by atoms with Crippen LogP contribution in [0.2, 0.25) is 0 Å². The molecule has 0 bridgehead atoms. The number of hydrogen-bond donors (Lipinski definition) is 0. The highest BCUT2D eigenvalue weighted by atomic mass is 35.5. The van der Waals surface area contributed by atoms with Crippen LogP contribution in [0.25, 0.3) is 0 Å². The van der Waals surface area contributed by atoms with Crippen LogP contribution in [-0.4, -0.2) is 28.6 Å². The lowest BCUT2D eigenvalue weighted by Gasteiger charge is -2.11. The molecular formula is C8H4ClF3N2O5. The van der Waals surface area contributed by atoms with Crippen molar-refractivity contribution in [2.45, 2.75) is 6.36 Å². The molecule has 0 saturated heterocycles. The molecule has 0 aliphatic heterocycles. The lowest BCUT2D eigenvalue weighted by molar-refractivity contribution is -0.389. The van der Waals surface area contributed by atoms with Gasteiger partial charge in [0, 0.05) is 4.98 Å². The SMILES string of the molecule is COc1nc([N+](=O)[O-])cc(OC(F)(F)F)c1C(=O)Cl. The minimum absolute atomic E-state index is 0.325. The highest BCUT2D eigenvalue weighted by Crippen LogP contribution is 2.35. The van der Waals surface area contributed by atoms with Crippen LogP contribution < -0.4 is 9.47 Å². The van der Waals surface area contributed by atoms with Crippen molar-refractivity contribution in [2.24, 2.45) is 0 Å². The molecule has 0 saturated carbocycles. The summed E-state index contributed by atoms with van der Waals surface area (Å²) in [6, 6.07) is 0.325. The third-order valence-corrected chi connectivity index (χ3v) is 1.93. The molecule has 1 aromatic rings. The number of pyridine rings is 1. The summed E-state index contributed by atoms with van der Waals surface area (Å²) in [4.78, 5) is 23.7. The number of nitro groups is 1. The lowest BCUT2D eigenvalue weighted by Crippen LogP contribution is -2.19. The average Bonchev–Trinajstić information content (AvgIpc) is 2.24.